The molecular weight excluding hydrogens is 375 g/mol. The van der Waals surface area contributed by atoms with Crippen LogP contribution in [-0.4, -0.2) is 48.1 Å². The van der Waals surface area contributed by atoms with E-state index in [0.29, 0.717) is 15.0 Å². The average Bonchev–Trinajstić information content (AvgIpc) is 2.67. The summed E-state index contributed by atoms with van der Waals surface area (Å²) in [6.45, 7) is 0.105. The molecule has 0 amide bonds. The summed E-state index contributed by atoms with van der Waals surface area (Å²) >= 11 is 4.37. The number of aromatic carboxylic acids is 1. The molecule has 1 unspecified atom stereocenters. The fourth-order valence-corrected chi connectivity index (χ4v) is 3.96. The minimum Gasteiger partial charge on any atom is -0.477 e. The Labute approximate surface area is 134 Å². The normalized spacial score (nSPS) is 19.2. The number of aliphatic hydroxyl groups excluding tert-OH is 1. The molecule has 1 aliphatic heterocycles. The molecule has 9 heteroatoms. The molecule has 1 aromatic heterocycles. The predicted octanol–water partition coefficient (Wildman–Crippen LogP) is 1.65. The maximum absolute atomic E-state index is 13.7. The topological polar surface area (TPSA) is 86.8 Å². The van der Waals surface area contributed by atoms with Gasteiger partial charge >= 0.3 is 5.97 Å². The van der Waals surface area contributed by atoms with Crippen molar-refractivity contribution in [3.05, 3.63) is 14.2 Å². The van der Waals surface area contributed by atoms with Gasteiger partial charge in [-0.15, -0.1) is 23.7 Å². The van der Waals surface area contributed by atoms with E-state index in [0.717, 1.165) is 11.3 Å². The van der Waals surface area contributed by atoms with Crippen LogP contribution in [0.25, 0.3) is 0 Å². The molecule has 0 aliphatic carbocycles. The lowest BCUT2D eigenvalue weighted by atomic mass is 10.0. The first-order valence-electron chi connectivity index (χ1n) is 5.74. The average molecular weight is 390 g/mol. The van der Waals surface area contributed by atoms with Crippen molar-refractivity contribution in [1.82, 2.24) is 0 Å². The number of carboxylic acids is 1. The largest absolute Gasteiger partial charge is 0.477 e. The first-order valence-corrected chi connectivity index (χ1v) is 7.34. The van der Waals surface area contributed by atoms with Crippen LogP contribution in [0.15, 0.2) is 3.79 Å². The van der Waals surface area contributed by atoms with Gasteiger partial charge in [0, 0.05) is 31.1 Å². The molecule has 4 N–H and O–H groups in total. The Hall–Kier alpha value is -0.410. The van der Waals surface area contributed by atoms with Crippen LogP contribution >= 0.6 is 39.7 Å². The van der Waals surface area contributed by atoms with E-state index in [2.05, 4.69) is 15.9 Å². The van der Waals surface area contributed by atoms with Crippen molar-refractivity contribution in [3.8, 4) is 0 Å². The fraction of sp³-hybridized carbons (Fsp3) is 0.545. The van der Waals surface area contributed by atoms with E-state index in [4.69, 9.17) is 10.8 Å². The Morgan fingerprint density at radius 1 is 1.65 bits per heavy atom. The lowest BCUT2D eigenvalue weighted by Gasteiger charge is -2.33. The van der Waals surface area contributed by atoms with Gasteiger partial charge in [-0.25, -0.2) is 9.18 Å². The number of hydrogen-bond donors (Lipinski definition) is 3. The number of carboxylic acid groups (broad SMARTS) is 1. The minimum atomic E-state index is -1.06. The van der Waals surface area contributed by atoms with Gasteiger partial charge in [-0.3, -0.25) is 0 Å². The molecule has 114 valence electrons. The van der Waals surface area contributed by atoms with Crippen LogP contribution < -0.4 is 10.6 Å². The molecule has 0 bridgehead atoms. The number of thiophene rings is 1. The van der Waals surface area contributed by atoms with E-state index in [-0.39, 0.29) is 43.4 Å². The second kappa shape index (κ2) is 7.04. The summed E-state index contributed by atoms with van der Waals surface area (Å²) in [6, 6.07) is -0.529. The molecule has 2 rings (SSSR count). The number of carbonyl (C=O) groups is 1. The third kappa shape index (κ3) is 3.43. The summed E-state index contributed by atoms with van der Waals surface area (Å²) in [5.41, 5.74) is 6.87. The molecule has 2 atom stereocenters. The van der Waals surface area contributed by atoms with Gasteiger partial charge in [-0.05, 0) is 15.9 Å². The molecule has 0 saturated heterocycles. The standard InChI is InChI=1S/C11H14BrFN2O3S.ClH/c12-10-7-1-5(13)2-15(3-6(14)4-16)8(7)9(19-10)11(17)18;/h5-6,16H,1-4,14H2,(H,17,18);1H/t5-,6?;/m0./s1. The van der Waals surface area contributed by atoms with Gasteiger partial charge < -0.3 is 20.8 Å². The van der Waals surface area contributed by atoms with Crippen molar-refractivity contribution in [2.45, 2.75) is 18.6 Å². The number of alkyl halides is 1. The number of anilines is 1. The Bertz CT molecular complexity index is 502. The zero-order valence-electron chi connectivity index (χ0n) is 10.4. The van der Waals surface area contributed by atoms with E-state index in [9.17, 15) is 14.3 Å². The highest BCUT2D eigenvalue weighted by molar-refractivity contribution is 9.11. The number of aliphatic hydroxyl groups is 1. The Morgan fingerprint density at radius 3 is 2.85 bits per heavy atom. The molecule has 5 nitrogen and oxygen atoms in total. The maximum Gasteiger partial charge on any atom is 0.348 e. The van der Waals surface area contributed by atoms with E-state index < -0.39 is 18.2 Å². The summed E-state index contributed by atoms with van der Waals surface area (Å²) in [4.78, 5) is 13.1. The lowest BCUT2D eigenvalue weighted by molar-refractivity contribution is 0.0702. The molecule has 2 heterocycles. The van der Waals surface area contributed by atoms with Crippen molar-refractivity contribution in [1.29, 1.82) is 0 Å². The number of nitrogens with zero attached hydrogens (tertiary/aromatic N) is 1. The maximum atomic E-state index is 13.7. The fourth-order valence-electron chi connectivity index (χ4n) is 2.21. The summed E-state index contributed by atoms with van der Waals surface area (Å²) in [5, 5.41) is 18.2. The molecule has 0 fully saturated rings. The van der Waals surface area contributed by atoms with Gasteiger partial charge in [0.05, 0.1) is 16.1 Å². The molecule has 0 spiro atoms. The zero-order valence-corrected chi connectivity index (χ0v) is 13.6. The van der Waals surface area contributed by atoms with Crippen molar-refractivity contribution < 1.29 is 19.4 Å². The molecule has 20 heavy (non-hydrogen) atoms. The summed E-state index contributed by atoms with van der Waals surface area (Å²) in [5.74, 6) is -1.04. The zero-order chi connectivity index (χ0) is 14.2. The highest BCUT2D eigenvalue weighted by Crippen LogP contribution is 2.43. The molecule has 1 aliphatic rings. The first kappa shape index (κ1) is 17.6. The van der Waals surface area contributed by atoms with Crippen LogP contribution in [0, 0.1) is 0 Å². The van der Waals surface area contributed by atoms with Gasteiger partial charge in [0.25, 0.3) is 0 Å². The lowest BCUT2D eigenvalue weighted by Crippen LogP contribution is -2.45. The van der Waals surface area contributed by atoms with Gasteiger partial charge in [0.2, 0.25) is 0 Å². The van der Waals surface area contributed by atoms with Crippen LogP contribution in [0.2, 0.25) is 0 Å². The van der Waals surface area contributed by atoms with Crippen LogP contribution in [0.4, 0.5) is 10.1 Å². The van der Waals surface area contributed by atoms with Crippen molar-refractivity contribution in [2.24, 2.45) is 5.73 Å². The second-order valence-electron chi connectivity index (χ2n) is 4.49. The number of nitrogens with two attached hydrogens (primary N) is 1. The van der Waals surface area contributed by atoms with Crippen LogP contribution in [-0.2, 0) is 6.42 Å². The third-order valence-corrected chi connectivity index (χ3v) is 4.94. The summed E-state index contributed by atoms with van der Waals surface area (Å²) in [7, 11) is 0. The van der Waals surface area contributed by atoms with E-state index in [1.165, 1.54) is 0 Å². The molecular formula is C11H15BrClFN2O3S. The molecule has 0 saturated carbocycles. The Kier molecular flexibility index (Phi) is 6.21. The van der Waals surface area contributed by atoms with Crippen molar-refractivity contribution in [3.63, 3.8) is 0 Å². The van der Waals surface area contributed by atoms with E-state index in [1.807, 2.05) is 0 Å². The molecule has 1 aromatic rings. The summed E-state index contributed by atoms with van der Waals surface area (Å²) in [6.07, 6.45) is -0.865. The summed E-state index contributed by atoms with van der Waals surface area (Å²) < 4.78 is 14.4. The first-order chi connectivity index (χ1) is 8.93. The third-order valence-electron chi connectivity index (χ3n) is 2.97. The van der Waals surface area contributed by atoms with Crippen LogP contribution in [0.5, 0.6) is 0 Å². The Morgan fingerprint density at radius 2 is 2.30 bits per heavy atom. The van der Waals surface area contributed by atoms with Gasteiger partial charge in [0.15, 0.2) is 0 Å². The van der Waals surface area contributed by atoms with Crippen molar-refractivity contribution >= 4 is 51.3 Å². The predicted molar refractivity (Wildman–Crippen MR) is 82.1 cm³/mol. The SMILES string of the molecule is Cl.NC(CO)CN1C[C@@H](F)Cc2c(Br)sc(C(=O)O)c21. The monoisotopic (exact) mass is 388 g/mol. The number of rotatable bonds is 4. The van der Waals surface area contributed by atoms with Gasteiger partial charge in [-0.1, -0.05) is 0 Å². The van der Waals surface area contributed by atoms with Crippen LogP contribution in [0.1, 0.15) is 15.2 Å². The number of fused-ring (bicyclic) bond motifs is 1. The second-order valence-corrected chi connectivity index (χ2v) is 6.82. The van der Waals surface area contributed by atoms with E-state index >= 15 is 0 Å². The quantitative estimate of drug-likeness (QED) is 0.729. The number of halogens is 3. The number of hydrogen-bond acceptors (Lipinski definition) is 5. The molecule has 0 aromatic carbocycles. The van der Waals surface area contributed by atoms with Crippen molar-refractivity contribution in [2.75, 3.05) is 24.6 Å². The highest BCUT2D eigenvalue weighted by atomic mass is 79.9. The van der Waals surface area contributed by atoms with Gasteiger partial charge in [-0.2, -0.15) is 0 Å². The molecule has 0 radical (unpaired) electrons. The smallest absolute Gasteiger partial charge is 0.348 e. The Balaban J connectivity index is 0.00000200. The van der Waals surface area contributed by atoms with Gasteiger partial charge in [0.1, 0.15) is 11.0 Å². The highest BCUT2D eigenvalue weighted by Gasteiger charge is 2.33. The minimum absolute atomic E-state index is 0. The van der Waals surface area contributed by atoms with Crippen LogP contribution in [0.3, 0.4) is 0 Å². The van der Waals surface area contributed by atoms with E-state index in [1.54, 1.807) is 4.90 Å².